The first-order chi connectivity index (χ1) is 11.0. The molecule has 6 nitrogen and oxygen atoms in total. The van der Waals surface area contributed by atoms with Gasteiger partial charge in [0.15, 0.2) is 6.61 Å². The molecule has 0 unspecified atom stereocenters. The summed E-state index contributed by atoms with van der Waals surface area (Å²) < 4.78 is 32.6. The fourth-order valence-corrected chi connectivity index (χ4v) is 3.92. The summed E-state index contributed by atoms with van der Waals surface area (Å²) in [6.45, 7) is 5.03. The molecular formula is C16H24N2O4S. The van der Waals surface area contributed by atoms with Gasteiger partial charge >= 0.3 is 0 Å². The lowest BCUT2D eigenvalue weighted by Crippen LogP contribution is -2.33. The van der Waals surface area contributed by atoms with Gasteiger partial charge in [-0.1, -0.05) is 26.7 Å². The van der Waals surface area contributed by atoms with Gasteiger partial charge in [-0.25, -0.2) is 8.42 Å². The van der Waals surface area contributed by atoms with Gasteiger partial charge in [0.05, 0.1) is 10.6 Å². The molecule has 128 valence electrons. The van der Waals surface area contributed by atoms with Crippen molar-refractivity contribution in [2.45, 2.75) is 44.4 Å². The number of unbranched alkanes of at least 4 members (excludes halogenated alkanes) is 2. The van der Waals surface area contributed by atoms with E-state index in [0.29, 0.717) is 24.5 Å². The predicted molar refractivity (Wildman–Crippen MR) is 89.1 cm³/mol. The summed E-state index contributed by atoms with van der Waals surface area (Å²) in [5, 5.41) is 2.66. The van der Waals surface area contributed by atoms with Crippen LogP contribution in [0.15, 0.2) is 23.1 Å². The van der Waals surface area contributed by atoms with Crippen molar-refractivity contribution in [3.63, 3.8) is 0 Å². The van der Waals surface area contributed by atoms with E-state index in [1.165, 1.54) is 12.1 Å². The molecule has 0 saturated heterocycles. The Bertz CT molecular complexity index is 650. The molecule has 0 atom stereocenters. The van der Waals surface area contributed by atoms with Crippen LogP contribution < -0.4 is 10.1 Å². The number of nitrogens with zero attached hydrogens (tertiary/aromatic N) is 1. The second-order valence-electron chi connectivity index (χ2n) is 5.61. The number of carbonyl (C=O) groups is 1. The third-order valence-electron chi connectivity index (χ3n) is 3.75. The van der Waals surface area contributed by atoms with Crippen LogP contribution in [0.4, 0.5) is 5.69 Å². The summed E-state index contributed by atoms with van der Waals surface area (Å²) in [5.74, 6) is 0.164. The van der Waals surface area contributed by atoms with Crippen LogP contribution in [0, 0.1) is 0 Å². The number of hydrogen-bond donors (Lipinski definition) is 1. The molecule has 1 aromatic carbocycles. The molecule has 1 aliphatic rings. The van der Waals surface area contributed by atoms with Gasteiger partial charge in [-0.05, 0) is 25.0 Å². The first-order valence-corrected chi connectivity index (χ1v) is 9.50. The molecule has 2 rings (SSSR count). The summed E-state index contributed by atoms with van der Waals surface area (Å²) in [5.41, 5.74) is 0.508. The summed E-state index contributed by atoms with van der Waals surface area (Å²) in [6.07, 6.45) is 3.55. The zero-order valence-electron chi connectivity index (χ0n) is 13.7. The van der Waals surface area contributed by atoms with Gasteiger partial charge in [0.25, 0.3) is 5.91 Å². The zero-order valence-corrected chi connectivity index (χ0v) is 14.5. The first kappa shape index (κ1) is 17.7. The second kappa shape index (κ2) is 7.79. The number of rotatable bonds is 8. The van der Waals surface area contributed by atoms with Crippen LogP contribution in [0.25, 0.3) is 0 Å². The first-order valence-electron chi connectivity index (χ1n) is 8.06. The third kappa shape index (κ3) is 4.23. The van der Waals surface area contributed by atoms with Crippen molar-refractivity contribution in [1.82, 2.24) is 4.31 Å². The Morgan fingerprint density at radius 2 is 1.83 bits per heavy atom. The zero-order chi connectivity index (χ0) is 16.9. The van der Waals surface area contributed by atoms with Crippen molar-refractivity contribution in [3.05, 3.63) is 18.2 Å². The van der Waals surface area contributed by atoms with Gasteiger partial charge in [0.1, 0.15) is 5.75 Å². The van der Waals surface area contributed by atoms with Gasteiger partial charge in [-0.15, -0.1) is 0 Å². The molecule has 0 aromatic heterocycles. The Morgan fingerprint density at radius 3 is 2.43 bits per heavy atom. The maximum absolute atomic E-state index is 12.9. The van der Waals surface area contributed by atoms with Crippen LogP contribution in [0.1, 0.15) is 39.5 Å². The molecule has 1 heterocycles. The fraction of sp³-hybridized carbons (Fsp3) is 0.562. The number of ether oxygens (including phenoxy) is 1. The highest BCUT2D eigenvalue weighted by molar-refractivity contribution is 7.89. The summed E-state index contributed by atoms with van der Waals surface area (Å²) in [4.78, 5) is 11.5. The van der Waals surface area contributed by atoms with Crippen LogP contribution in [-0.4, -0.2) is 38.3 Å². The molecule has 0 radical (unpaired) electrons. The minimum Gasteiger partial charge on any atom is -0.482 e. The van der Waals surface area contributed by atoms with Gasteiger partial charge in [-0.2, -0.15) is 4.31 Å². The molecular weight excluding hydrogens is 316 g/mol. The van der Waals surface area contributed by atoms with Gasteiger partial charge < -0.3 is 10.1 Å². The molecule has 1 aliphatic heterocycles. The Kier molecular flexibility index (Phi) is 6.01. The molecule has 23 heavy (non-hydrogen) atoms. The molecule has 0 spiro atoms. The van der Waals surface area contributed by atoms with Crippen molar-refractivity contribution in [2.75, 3.05) is 25.0 Å². The molecule has 1 N–H and O–H groups in total. The van der Waals surface area contributed by atoms with E-state index in [2.05, 4.69) is 5.32 Å². The normalized spacial score (nSPS) is 14.3. The van der Waals surface area contributed by atoms with Crippen molar-refractivity contribution in [2.24, 2.45) is 0 Å². The highest BCUT2D eigenvalue weighted by Crippen LogP contribution is 2.31. The Morgan fingerprint density at radius 1 is 1.17 bits per heavy atom. The number of amides is 1. The van der Waals surface area contributed by atoms with Gasteiger partial charge in [0, 0.05) is 19.2 Å². The number of hydrogen-bond acceptors (Lipinski definition) is 4. The van der Waals surface area contributed by atoms with Gasteiger partial charge in [-0.3, -0.25) is 4.79 Å². The molecule has 1 aromatic rings. The fourth-order valence-electron chi connectivity index (χ4n) is 2.39. The minimum atomic E-state index is -3.55. The number of anilines is 1. The van der Waals surface area contributed by atoms with E-state index >= 15 is 0 Å². The number of carbonyl (C=O) groups excluding carboxylic acids is 1. The summed E-state index contributed by atoms with van der Waals surface area (Å²) in [7, 11) is -3.55. The second-order valence-corrected chi connectivity index (χ2v) is 7.54. The lowest BCUT2D eigenvalue weighted by molar-refractivity contribution is -0.118. The standard InChI is InChI=1S/C16H24N2O4S/c1-3-5-9-18(10-6-4-2)23(20,21)13-7-8-14-15(11-13)22-12-16(19)17-14/h7-8,11H,3-6,9-10,12H2,1-2H3,(H,17,19). The van der Waals surface area contributed by atoms with E-state index < -0.39 is 10.0 Å². The van der Waals surface area contributed by atoms with Crippen molar-refractivity contribution >= 4 is 21.6 Å². The predicted octanol–water partition coefficient (Wildman–Crippen LogP) is 2.61. The van der Waals surface area contributed by atoms with Crippen LogP contribution >= 0.6 is 0 Å². The van der Waals surface area contributed by atoms with Crippen LogP contribution in [0.2, 0.25) is 0 Å². The Balaban J connectivity index is 2.27. The molecule has 7 heteroatoms. The average molecular weight is 340 g/mol. The van der Waals surface area contributed by atoms with Crippen molar-refractivity contribution in [3.8, 4) is 5.75 Å². The maximum atomic E-state index is 12.9. The van der Waals surface area contributed by atoms with Crippen LogP contribution in [-0.2, 0) is 14.8 Å². The molecule has 1 amide bonds. The minimum absolute atomic E-state index is 0.0914. The largest absolute Gasteiger partial charge is 0.482 e. The lowest BCUT2D eigenvalue weighted by Gasteiger charge is -2.23. The molecule has 0 aliphatic carbocycles. The Hall–Kier alpha value is -1.60. The Labute approximate surface area is 137 Å². The van der Waals surface area contributed by atoms with E-state index in [-0.39, 0.29) is 17.4 Å². The monoisotopic (exact) mass is 340 g/mol. The number of benzene rings is 1. The SMILES string of the molecule is CCCCN(CCCC)S(=O)(=O)c1ccc2c(c1)OCC(=O)N2. The molecule has 0 bridgehead atoms. The smallest absolute Gasteiger partial charge is 0.262 e. The number of nitrogens with one attached hydrogen (secondary N) is 1. The third-order valence-corrected chi connectivity index (χ3v) is 5.64. The number of fused-ring (bicyclic) bond motifs is 1. The van der Waals surface area contributed by atoms with Crippen molar-refractivity contribution < 1.29 is 17.9 Å². The summed E-state index contributed by atoms with van der Waals surface area (Å²) in [6, 6.07) is 4.60. The average Bonchev–Trinajstić information content (AvgIpc) is 2.54. The van der Waals surface area contributed by atoms with Crippen LogP contribution in [0.3, 0.4) is 0 Å². The van der Waals surface area contributed by atoms with Gasteiger partial charge in [0.2, 0.25) is 10.0 Å². The van der Waals surface area contributed by atoms with Crippen LogP contribution in [0.5, 0.6) is 5.75 Å². The highest BCUT2D eigenvalue weighted by Gasteiger charge is 2.26. The summed E-state index contributed by atoms with van der Waals surface area (Å²) >= 11 is 0. The van der Waals surface area contributed by atoms with E-state index in [4.69, 9.17) is 4.74 Å². The van der Waals surface area contributed by atoms with E-state index in [1.54, 1.807) is 10.4 Å². The van der Waals surface area contributed by atoms with E-state index in [1.807, 2.05) is 13.8 Å². The van der Waals surface area contributed by atoms with Crippen molar-refractivity contribution in [1.29, 1.82) is 0 Å². The van der Waals surface area contributed by atoms with E-state index in [0.717, 1.165) is 25.7 Å². The highest BCUT2D eigenvalue weighted by atomic mass is 32.2. The maximum Gasteiger partial charge on any atom is 0.262 e. The lowest BCUT2D eigenvalue weighted by atomic mass is 10.2. The molecule has 0 fully saturated rings. The topological polar surface area (TPSA) is 75.7 Å². The van der Waals surface area contributed by atoms with E-state index in [9.17, 15) is 13.2 Å². The quantitative estimate of drug-likeness (QED) is 0.789. The number of sulfonamides is 1. The molecule has 0 saturated carbocycles.